The van der Waals surface area contributed by atoms with Crippen molar-refractivity contribution in [3.05, 3.63) is 23.8 Å². The van der Waals surface area contributed by atoms with E-state index in [2.05, 4.69) is 55.3 Å². The fraction of sp³-hybridized carbons (Fsp3) is 0.500. The molecule has 0 saturated heterocycles. The smallest absolute Gasteiger partial charge is 0.0640 e. The summed E-state index contributed by atoms with van der Waals surface area (Å²) in [7, 11) is 0. The maximum Gasteiger partial charge on any atom is 0.0640 e. The van der Waals surface area contributed by atoms with Crippen molar-refractivity contribution in [3.63, 3.8) is 0 Å². The standard InChI is InChI=1S/C14H21N3/c1-4-17(5-2)13-7-8-14(12(3)11-13)16-10-6-9-15/h7-8,11,16H,4-6,10H2,1-3H3. The summed E-state index contributed by atoms with van der Waals surface area (Å²) in [6.07, 6.45) is 0.539. The molecule has 1 rings (SSSR count). The zero-order valence-electron chi connectivity index (χ0n) is 11.0. The molecule has 0 unspecified atom stereocenters. The topological polar surface area (TPSA) is 39.1 Å². The maximum absolute atomic E-state index is 8.50. The summed E-state index contributed by atoms with van der Waals surface area (Å²) >= 11 is 0. The molecule has 0 aliphatic rings. The lowest BCUT2D eigenvalue weighted by molar-refractivity contribution is 0.865. The van der Waals surface area contributed by atoms with Crippen molar-refractivity contribution in [3.8, 4) is 6.07 Å². The summed E-state index contributed by atoms with van der Waals surface area (Å²) in [6.45, 7) is 9.19. The van der Waals surface area contributed by atoms with Crippen molar-refractivity contribution in [1.82, 2.24) is 0 Å². The van der Waals surface area contributed by atoms with E-state index in [0.29, 0.717) is 13.0 Å². The van der Waals surface area contributed by atoms with E-state index < -0.39 is 0 Å². The van der Waals surface area contributed by atoms with Crippen LogP contribution < -0.4 is 10.2 Å². The van der Waals surface area contributed by atoms with Crippen LogP contribution in [0.5, 0.6) is 0 Å². The second-order valence-corrected chi connectivity index (χ2v) is 4.01. The van der Waals surface area contributed by atoms with Crippen molar-refractivity contribution in [2.45, 2.75) is 27.2 Å². The summed E-state index contributed by atoms with van der Waals surface area (Å²) in [5.41, 5.74) is 3.61. The van der Waals surface area contributed by atoms with Gasteiger partial charge in [-0.2, -0.15) is 5.26 Å². The molecule has 0 bridgehead atoms. The number of hydrogen-bond donors (Lipinski definition) is 1. The highest BCUT2D eigenvalue weighted by Crippen LogP contribution is 2.22. The average Bonchev–Trinajstić information content (AvgIpc) is 2.33. The zero-order valence-corrected chi connectivity index (χ0v) is 11.0. The van der Waals surface area contributed by atoms with Crippen LogP contribution in [0.15, 0.2) is 18.2 Å². The van der Waals surface area contributed by atoms with Crippen molar-refractivity contribution in [1.29, 1.82) is 5.26 Å². The van der Waals surface area contributed by atoms with E-state index in [0.717, 1.165) is 18.8 Å². The van der Waals surface area contributed by atoms with Crippen LogP contribution in [0.3, 0.4) is 0 Å². The molecule has 17 heavy (non-hydrogen) atoms. The SMILES string of the molecule is CCN(CC)c1ccc(NCCC#N)c(C)c1. The van der Waals surface area contributed by atoms with Crippen LogP contribution in [0.1, 0.15) is 25.8 Å². The highest BCUT2D eigenvalue weighted by atomic mass is 15.1. The van der Waals surface area contributed by atoms with Gasteiger partial charge < -0.3 is 10.2 Å². The van der Waals surface area contributed by atoms with Crippen molar-refractivity contribution >= 4 is 11.4 Å². The zero-order chi connectivity index (χ0) is 12.7. The second-order valence-electron chi connectivity index (χ2n) is 4.01. The fourth-order valence-electron chi connectivity index (χ4n) is 1.88. The molecule has 3 heteroatoms. The minimum Gasteiger partial charge on any atom is -0.384 e. The van der Waals surface area contributed by atoms with E-state index >= 15 is 0 Å². The first-order chi connectivity index (χ1) is 8.22. The van der Waals surface area contributed by atoms with Crippen LogP contribution in [0.4, 0.5) is 11.4 Å². The second kappa shape index (κ2) is 6.80. The summed E-state index contributed by atoms with van der Waals surface area (Å²) < 4.78 is 0. The number of hydrogen-bond acceptors (Lipinski definition) is 3. The molecule has 0 radical (unpaired) electrons. The van der Waals surface area contributed by atoms with Gasteiger partial charge in [-0.1, -0.05) is 0 Å². The van der Waals surface area contributed by atoms with Gasteiger partial charge in [-0.25, -0.2) is 0 Å². The Kier molecular flexibility index (Phi) is 5.35. The summed E-state index contributed by atoms with van der Waals surface area (Å²) in [6, 6.07) is 8.56. The minimum absolute atomic E-state index is 0.539. The van der Waals surface area contributed by atoms with Crippen molar-refractivity contribution in [2.75, 3.05) is 29.9 Å². The normalized spacial score (nSPS) is 9.76. The monoisotopic (exact) mass is 231 g/mol. The molecule has 1 aromatic rings. The molecule has 1 N–H and O–H groups in total. The Hall–Kier alpha value is -1.69. The van der Waals surface area contributed by atoms with Gasteiger partial charge in [0.25, 0.3) is 0 Å². The van der Waals surface area contributed by atoms with E-state index in [9.17, 15) is 0 Å². The van der Waals surface area contributed by atoms with Crippen LogP contribution >= 0.6 is 0 Å². The number of nitrogens with one attached hydrogen (secondary N) is 1. The lowest BCUT2D eigenvalue weighted by Gasteiger charge is -2.22. The lowest BCUT2D eigenvalue weighted by atomic mass is 10.1. The third kappa shape index (κ3) is 3.67. The highest BCUT2D eigenvalue weighted by Gasteiger charge is 2.04. The molecule has 0 aliphatic carbocycles. The quantitative estimate of drug-likeness (QED) is 0.764. The number of rotatable bonds is 6. The molecule has 0 aromatic heterocycles. The summed E-state index contributed by atoms with van der Waals surface area (Å²) in [4.78, 5) is 2.33. The first-order valence-electron chi connectivity index (χ1n) is 6.19. The predicted octanol–water partition coefficient (Wildman–Crippen LogP) is 3.17. The molecule has 0 fully saturated rings. The summed E-state index contributed by atoms with van der Waals surface area (Å²) in [5, 5.41) is 11.8. The summed E-state index contributed by atoms with van der Waals surface area (Å²) in [5.74, 6) is 0. The largest absolute Gasteiger partial charge is 0.384 e. The molecule has 3 nitrogen and oxygen atoms in total. The van der Waals surface area contributed by atoms with Crippen molar-refractivity contribution in [2.24, 2.45) is 0 Å². The van der Waals surface area contributed by atoms with Crippen LogP contribution in [0, 0.1) is 18.3 Å². The Morgan fingerprint density at radius 1 is 1.29 bits per heavy atom. The molecule has 0 spiro atoms. The van der Waals surface area contributed by atoms with Crippen LogP contribution in [0.25, 0.3) is 0 Å². The van der Waals surface area contributed by atoms with Gasteiger partial charge in [0.1, 0.15) is 0 Å². The van der Waals surface area contributed by atoms with E-state index in [-0.39, 0.29) is 0 Å². The molecule has 0 amide bonds. The molecular weight excluding hydrogens is 210 g/mol. The molecule has 0 heterocycles. The first-order valence-corrected chi connectivity index (χ1v) is 6.19. The predicted molar refractivity (Wildman–Crippen MR) is 73.5 cm³/mol. The van der Waals surface area contributed by atoms with Crippen LogP contribution in [0.2, 0.25) is 0 Å². The number of anilines is 2. The fourth-order valence-corrected chi connectivity index (χ4v) is 1.88. The molecule has 0 saturated carbocycles. The third-order valence-electron chi connectivity index (χ3n) is 2.89. The molecule has 0 atom stereocenters. The number of aryl methyl sites for hydroxylation is 1. The Morgan fingerprint density at radius 3 is 2.53 bits per heavy atom. The highest BCUT2D eigenvalue weighted by molar-refractivity contribution is 5.60. The van der Waals surface area contributed by atoms with E-state index in [1.807, 2.05) is 0 Å². The van der Waals surface area contributed by atoms with E-state index in [1.54, 1.807) is 0 Å². The van der Waals surface area contributed by atoms with E-state index in [4.69, 9.17) is 5.26 Å². The van der Waals surface area contributed by atoms with Gasteiger partial charge in [-0.3, -0.25) is 0 Å². The van der Waals surface area contributed by atoms with Gasteiger partial charge in [0.2, 0.25) is 0 Å². The molecule has 92 valence electrons. The molecule has 1 aromatic carbocycles. The Morgan fingerprint density at radius 2 is 2.00 bits per heavy atom. The van der Waals surface area contributed by atoms with E-state index in [1.165, 1.54) is 11.3 Å². The van der Waals surface area contributed by atoms with Gasteiger partial charge in [-0.05, 0) is 44.5 Å². The van der Waals surface area contributed by atoms with Crippen LogP contribution in [-0.2, 0) is 0 Å². The molecule has 0 aliphatic heterocycles. The van der Waals surface area contributed by atoms with Gasteiger partial charge in [0.15, 0.2) is 0 Å². The Labute approximate surface area is 104 Å². The van der Waals surface area contributed by atoms with Gasteiger partial charge in [0, 0.05) is 31.0 Å². The van der Waals surface area contributed by atoms with Gasteiger partial charge in [0.05, 0.1) is 12.5 Å². The third-order valence-corrected chi connectivity index (χ3v) is 2.89. The van der Waals surface area contributed by atoms with Gasteiger partial charge >= 0.3 is 0 Å². The minimum atomic E-state index is 0.539. The van der Waals surface area contributed by atoms with Crippen molar-refractivity contribution < 1.29 is 0 Å². The first kappa shape index (κ1) is 13.4. The Balaban J connectivity index is 2.75. The number of benzene rings is 1. The Bertz CT molecular complexity index is 389. The number of nitriles is 1. The average molecular weight is 231 g/mol. The van der Waals surface area contributed by atoms with Crippen LogP contribution in [-0.4, -0.2) is 19.6 Å². The van der Waals surface area contributed by atoms with Gasteiger partial charge in [-0.15, -0.1) is 0 Å². The lowest BCUT2D eigenvalue weighted by Crippen LogP contribution is -2.21. The maximum atomic E-state index is 8.50. The number of nitrogens with zero attached hydrogens (tertiary/aromatic N) is 2. The molecular formula is C14H21N3.